The van der Waals surface area contributed by atoms with Gasteiger partial charge in [-0.1, -0.05) is 42.5 Å². The van der Waals surface area contributed by atoms with Gasteiger partial charge in [0.25, 0.3) is 0 Å². The molecule has 0 aromatic heterocycles. The summed E-state index contributed by atoms with van der Waals surface area (Å²) in [4.78, 5) is 11.9. The molecule has 0 saturated carbocycles. The number of rotatable bonds is 4. The molecule has 1 aliphatic rings. The van der Waals surface area contributed by atoms with Crippen molar-refractivity contribution in [1.29, 1.82) is 0 Å². The number of carbonyl (C=O) groups excluding carboxylic acids is 1. The van der Waals surface area contributed by atoms with E-state index in [0.717, 1.165) is 11.1 Å². The van der Waals surface area contributed by atoms with Crippen LogP contribution in [0, 0.1) is 0 Å². The molecule has 1 N–H and O–H groups in total. The van der Waals surface area contributed by atoms with Crippen LogP contribution in [-0.4, -0.2) is 30.5 Å². The maximum atomic E-state index is 11.9. The second-order valence-electron chi connectivity index (χ2n) is 5.27. The topological polar surface area (TPSA) is 46.5 Å². The summed E-state index contributed by atoms with van der Waals surface area (Å²) in [6.07, 6.45) is 4.18. The van der Waals surface area contributed by atoms with Gasteiger partial charge in [-0.3, -0.25) is 0 Å². The number of esters is 1. The Kier molecular flexibility index (Phi) is 4.84. The molecule has 2 aromatic rings. The molecule has 1 atom stereocenters. The Bertz CT molecular complexity index is 752. The van der Waals surface area contributed by atoms with Crippen LogP contribution in [0.1, 0.15) is 37.9 Å². The van der Waals surface area contributed by atoms with Crippen LogP contribution in [-0.2, 0) is 4.74 Å². The highest BCUT2D eigenvalue weighted by Crippen LogP contribution is 2.42. The number of carbonyl (C=O) groups is 1. The molecule has 2 aromatic carbocycles. The minimum atomic E-state index is -0.333. The first-order valence-corrected chi connectivity index (χ1v) is 8.51. The normalized spacial score (nSPS) is 15.5. The summed E-state index contributed by atoms with van der Waals surface area (Å²) in [6.45, 7) is 0.128. The van der Waals surface area contributed by atoms with Crippen molar-refractivity contribution in [3.05, 3.63) is 70.3 Å². The largest absolute Gasteiger partial charge is 0.465 e. The van der Waals surface area contributed by atoms with E-state index in [-0.39, 0.29) is 17.8 Å². The molecule has 1 unspecified atom stereocenters. The van der Waals surface area contributed by atoms with Crippen molar-refractivity contribution in [2.45, 2.75) is 5.25 Å². The summed E-state index contributed by atoms with van der Waals surface area (Å²) in [7, 11) is 1.39. The highest BCUT2D eigenvalue weighted by molar-refractivity contribution is 7.99. The Hall–Kier alpha value is -2.04. The molecule has 23 heavy (non-hydrogen) atoms. The number of hydrogen-bond acceptors (Lipinski definition) is 4. The average molecular weight is 326 g/mol. The summed E-state index contributed by atoms with van der Waals surface area (Å²) in [5, 5.41) is 9.31. The van der Waals surface area contributed by atoms with Crippen LogP contribution < -0.4 is 0 Å². The quantitative estimate of drug-likeness (QED) is 0.869. The molecule has 0 saturated heterocycles. The summed E-state index contributed by atoms with van der Waals surface area (Å²) in [5.41, 5.74) is 5.08. The minimum Gasteiger partial charge on any atom is -0.465 e. The van der Waals surface area contributed by atoms with E-state index in [1.165, 1.54) is 18.2 Å². The summed E-state index contributed by atoms with van der Waals surface area (Å²) in [6, 6.07) is 13.9. The fourth-order valence-electron chi connectivity index (χ4n) is 2.80. The van der Waals surface area contributed by atoms with Crippen molar-refractivity contribution >= 4 is 29.9 Å². The van der Waals surface area contributed by atoms with Crippen LogP contribution >= 0.6 is 11.8 Å². The van der Waals surface area contributed by atoms with Gasteiger partial charge in [0.15, 0.2) is 0 Å². The number of hydrogen-bond donors (Lipinski definition) is 1. The molecule has 3 rings (SSSR count). The zero-order chi connectivity index (χ0) is 16.2. The van der Waals surface area contributed by atoms with Crippen molar-refractivity contribution < 1.29 is 14.6 Å². The van der Waals surface area contributed by atoms with Crippen molar-refractivity contribution in [3.63, 3.8) is 0 Å². The number of thioether (sulfide) groups is 1. The molecule has 0 amide bonds. The smallest absolute Gasteiger partial charge is 0.337 e. The van der Waals surface area contributed by atoms with Crippen LogP contribution in [0.15, 0.2) is 42.5 Å². The van der Waals surface area contributed by atoms with Gasteiger partial charge in [-0.25, -0.2) is 4.79 Å². The third-order valence-corrected chi connectivity index (χ3v) is 5.15. The van der Waals surface area contributed by atoms with Crippen molar-refractivity contribution in [2.24, 2.45) is 0 Å². The monoisotopic (exact) mass is 326 g/mol. The maximum absolute atomic E-state index is 11.9. The molecule has 4 heteroatoms. The van der Waals surface area contributed by atoms with Gasteiger partial charge in [0.2, 0.25) is 0 Å². The molecule has 0 fully saturated rings. The van der Waals surface area contributed by atoms with E-state index >= 15 is 0 Å². The van der Waals surface area contributed by atoms with E-state index in [2.05, 4.69) is 24.3 Å². The van der Waals surface area contributed by atoms with Crippen LogP contribution in [0.2, 0.25) is 0 Å². The summed E-state index contributed by atoms with van der Waals surface area (Å²) < 4.78 is 4.84. The van der Waals surface area contributed by atoms with Crippen molar-refractivity contribution in [1.82, 2.24) is 0 Å². The Balaban J connectivity index is 2.13. The molecule has 0 radical (unpaired) electrons. The highest BCUT2D eigenvalue weighted by Gasteiger charge is 2.23. The first-order valence-electron chi connectivity index (χ1n) is 7.46. The number of benzene rings is 2. The number of ether oxygens (including phenoxy) is 1. The van der Waals surface area contributed by atoms with Gasteiger partial charge in [-0.15, -0.1) is 11.8 Å². The first kappa shape index (κ1) is 15.8. The summed E-state index contributed by atoms with van der Waals surface area (Å²) >= 11 is 1.68. The van der Waals surface area contributed by atoms with Gasteiger partial charge in [-0.05, 0) is 34.4 Å². The van der Waals surface area contributed by atoms with Crippen LogP contribution in [0.5, 0.6) is 0 Å². The van der Waals surface area contributed by atoms with Gasteiger partial charge in [0.05, 0.1) is 24.5 Å². The van der Waals surface area contributed by atoms with Crippen LogP contribution in [0.3, 0.4) is 0 Å². The van der Waals surface area contributed by atoms with Gasteiger partial charge >= 0.3 is 5.97 Å². The lowest BCUT2D eigenvalue weighted by Crippen LogP contribution is -2.06. The molecular weight excluding hydrogens is 308 g/mol. The molecule has 118 valence electrons. The Morgan fingerprint density at radius 1 is 1.13 bits per heavy atom. The standard InChI is InChI=1S/C19H18O3S/c1-22-19(21)15-9-8-14-7-6-13-4-2-3-5-16(13)18(17(14)12-15)23-11-10-20/h2-9,12,18,20H,10-11H2,1H3. The number of fused-ring (bicyclic) bond motifs is 2. The second kappa shape index (κ2) is 7.02. The molecule has 1 aliphatic carbocycles. The first-order chi connectivity index (χ1) is 11.2. The average Bonchev–Trinajstić information content (AvgIpc) is 2.75. The lowest BCUT2D eigenvalue weighted by Gasteiger charge is -2.20. The number of methoxy groups -OCH3 is 1. The lowest BCUT2D eigenvalue weighted by molar-refractivity contribution is 0.0600. The Morgan fingerprint density at radius 2 is 1.87 bits per heavy atom. The fraction of sp³-hybridized carbons (Fsp3) is 0.211. The number of aliphatic hydroxyl groups excluding tert-OH is 1. The predicted molar refractivity (Wildman–Crippen MR) is 94.5 cm³/mol. The summed E-state index contributed by atoms with van der Waals surface area (Å²) in [5.74, 6) is 0.307. The SMILES string of the molecule is COC(=O)c1ccc2c(c1)C(SCCO)c1ccccc1C=C2. The Labute approximate surface area is 140 Å². The van der Waals surface area contributed by atoms with Gasteiger partial charge in [-0.2, -0.15) is 0 Å². The van der Waals surface area contributed by atoms with E-state index in [1.54, 1.807) is 17.8 Å². The van der Waals surface area contributed by atoms with Gasteiger partial charge in [0.1, 0.15) is 0 Å². The van der Waals surface area contributed by atoms with Crippen molar-refractivity contribution in [2.75, 3.05) is 19.5 Å². The zero-order valence-corrected chi connectivity index (χ0v) is 13.7. The molecule has 0 spiro atoms. The maximum Gasteiger partial charge on any atom is 0.337 e. The van der Waals surface area contributed by atoms with E-state index < -0.39 is 0 Å². The van der Waals surface area contributed by atoms with E-state index in [4.69, 9.17) is 4.74 Å². The third kappa shape index (κ3) is 3.19. The highest BCUT2D eigenvalue weighted by atomic mass is 32.2. The molecular formula is C19H18O3S. The third-order valence-electron chi connectivity index (χ3n) is 3.89. The fourth-order valence-corrected chi connectivity index (χ4v) is 3.92. The molecule has 0 aliphatic heterocycles. The zero-order valence-electron chi connectivity index (χ0n) is 12.9. The lowest BCUT2D eigenvalue weighted by atomic mass is 9.97. The molecule has 0 bridgehead atoms. The van der Waals surface area contributed by atoms with Gasteiger partial charge < -0.3 is 9.84 Å². The Morgan fingerprint density at radius 3 is 2.61 bits per heavy atom. The minimum absolute atomic E-state index is 0.0768. The number of aliphatic hydroxyl groups is 1. The predicted octanol–water partition coefficient (Wildman–Crippen LogP) is 3.77. The van der Waals surface area contributed by atoms with Gasteiger partial charge in [0, 0.05) is 5.75 Å². The molecule has 0 heterocycles. The molecule has 3 nitrogen and oxygen atoms in total. The van der Waals surface area contributed by atoms with Crippen LogP contribution in [0.25, 0.3) is 12.2 Å². The second-order valence-corrected chi connectivity index (χ2v) is 6.48. The van der Waals surface area contributed by atoms with Crippen LogP contribution in [0.4, 0.5) is 0 Å². The van der Waals surface area contributed by atoms with Crippen molar-refractivity contribution in [3.8, 4) is 0 Å². The van der Waals surface area contributed by atoms with E-state index in [1.807, 2.05) is 24.3 Å². The van der Waals surface area contributed by atoms with E-state index in [9.17, 15) is 9.90 Å². The van der Waals surface area contributed by atoms with E-state index in [0.29, 0.717) is 11.3 Å².